The van der Waals surface area contributed by atoms with Crippen molar-refractivity contribution >= 4 is 56.6 Å². The van der Waals surface area contributed by atoms with Gasteiger partial charge < -0.3 is 10.4 Å². The van der Waals surface area contributed by atoms with Crippen molar-refractivity contribution < 1.29 is 22.5 Å². The minimum absolute atomic E-state index is 0.107. The van der Waals surface area contributed by atoms with Crippen molar-refractivity contribution in [2.45, 2.75) is 42.8 Å². The van der Waals surface area contributed by atoms with Crippen LogP contribution in [-0.4, -0.2) is 60.3 Å². The number of thioether (sulfide) groups is 1. The second-order valence-corrected chi connectivity index (χ2v) is 12.9. The summed E-state index contributed by atoms with van der Waals surface area (Å²) in [4.78, 5) is 22.4. The monoisotopic (exact) mass is 580 g/mol. The number of ketones is 1. The van der Waals surface area contributed by atoms with E-state index in [2.05, 4.69) is 26.1 Å². The minimum atomic E-state index is -3.94. The van der Waals surface area contributed by atoms with Gasteiger partial charge in [-0.3, -0.25) is 8.98 Å². The molecule has 3 N–H and O–H groups in total. The number of aliphatic hydroxyl groups excluding tert-OH is 1. The second kappa shape index (κ2) is 11.0. The predicted octanol–water partition coefficient (Wildman–Crippen LogP) is 3.59. The first kappa shape index (κ1) is 26.5. The van der Waals surface area contributed by atoms with Crippen LogP contribution in [0.5, 0.6) is 0 Å². The Hall–Kier alpha value is -2.06. The fourth-order valence-electron chi connectivity index (χ4n) is 4.64. The number of aliphatic hydroxyl groups is 1. The van der Waals surface area contributed by atoms with E-state index in [4.69, 9.17) is 15.8 Å². The molecule has 1 aromatic carbocycles. The van der Waals surface area contributed by atoms with E-state index >= 15 is 0 Å². The molecule has 0 saturated heterocycles. The molecular weight excluding hydrogens is 556 g/mol. The van der Waals surface area contributed by atoms with E-state index in [9.17, 15) is 18.3 Å². The number of aryl methyl sites for hydroxylation is 1. The fourth-order valence-corrected chi connectivity index (χ4v) is 7.73. The van der Waals surface area contributed by atoms with E-state index < -0.39 is 22.5 Å². The van der Waals surface area contributed by atoms with Gasteiger partial charge >= 0.3 is 10.3 Å². The van der Waals surface area contributed by atoms with Crippen molar-refractivity contribution in [3.63, 3.8) is 0 Å². The van der Waals surface area contributed by atoms with Crippen molar-refractivity contribution in [2.75, 3.05) is 18.1 Å². The Labute approximate surface area is 228 Å². The molecule has 0 unspecified atom stereocenters. The van der Waals surface area contributed by atoms with Crippen molar-refractivity contribution in [2.24, 2.45) is 0 Å². The summed E-state index contributed by atoms with van der Waals surface area (Å²) in [6.07, 6.45) is 2.37. The van der Waals surface area contributed by atoms with E-state index in [1.165, 1.54) is 42.0 Å². The summed E-state index contributed by atoms with van der Waals surface area (Å²) in [5.74, 6) is 1.11. The molecule has 9 nitrogen and oxygen atoms in total. The summed E-state index contributed by atoms with van der Waals surface area (Å²) in [5, 5.41) is 16.3. The molecule has 0 spiro atoms. The first-order valence-corrected chi connectivity index (χ1v) is 15.3. The number of anilines is 1. The molecule has 2 aliphatic rings. The Bertz CT molecular complexity index is 1420. The number of aromatic nitrogens is 2. The number of nitrogens with one attached hydrogen (secondary N) is 2. The number of thiophene rings is 1. The van der Waals surface area contributed by atoms with Crippen LogP contribution in [0.25, 0.3) is 0 Å². The number of nitrogens with zero attached hydrogens (tertiary/aromatic N) is 2. The highest BCUT2D eigenvalue weighted by molar-refractivity contribution is 7.99. The van der Waals surface area contributed by atoms with Crippen LogP contribution in [0, 0.1) is 0 Å². The molecule has 196 valence electrons. The summed E-state index contributed by atoms with van der Waals surface area (Å²) in [6, 6.07) is 7.58. The maximum Gasteiger partial charge on any atom is 0.335 e. The van der Waals surface area contributed by atoms with Crippen molar-refractivity contribution in [1.82, 2.24) is 14.7 Å². The van der Waals surface area contributed by atoms with E-state index in [1.807, 2.05) is 35.3 Å². The first-order chi connectivity index (χ1) is 17.7. The number of rotatable bonds is 8. The Balaban J connectivity index is 1.33. The highest BCUT2D eigenvalue weighted by atomic mass is 35.5. The molecule has 2 aromatic heterocycles. The number of halogens is 1. The minimum Gasteiger partial charge on any atom is -0.390 e. The van der Waals surface area contributed by atoms with Gasteiger partial charge in [-0.15, -0.1) is 23.1 Å². The number of hydrogen-bond acceptors (Lipinski definition) is 10. The third-order valence-corrected chi connectivity index (χ3v) is 9.94. The molecule has 4 atom stereocenters. The van der Waals surface area contributed by atoms with Gasteiger partial charge in [-0.25, -0.2) is 9.97 Å². The molecule has 3 heterocycles. The summed E-state index contributed by atoms with van der Waals surface area (Å²) in [6.45, 7) is 0. The van der Waals surface area contributed by atoms with E-state index in [1.54, 1.807) is 0 Å². The summed E-state index contributed by atoms with van der Waals surface area (Å²) in [7, 11) is -2.70. The van der Waals surface area contributed by atoms with E-state index in [0.717, 1.165) is 17.7 Å². The number of hydrogen-bond donors (Lipinski definition) is 3. The van der Waals surface area contributed by atoms with Crippen LogP contribution < -0.4 is 10.0 Å². The van der Waals surface area contributed by atoms with Crippen LogP contribution in [0.1, 0.15) is 50.0 Å². The van der Waals surface area contributed by atoms with Gasteiger partial charge in [0.1, 0.15) is 18.2 Å². The largest absolute Gasteiger partial charge is 0.390 e. The van der Waals surface area contributed by atoms with Gasteiger partial charge in [0.05, 0.1) is 21.8 Å². The Morgan fingerprint density at radius 1 is 1.27 bits per heavy atom. The van der Waals surface area contributed by atoms with Crippen molar-refractivity contribution in [3.05, 3.63) is 74.3 Å². The summed E-state index contributed by atoms with van der Waals surface area (Å²) < 4.78 is 30.6. The zero-order chi connectivity index (χ0) is 26.2. The molecule has 1 aliphatic carbocycles. The molecule has 1 saturated carbocycles. The third-order valence-electron chi connectivity index (χ3n) is 6.46. The molecule has 5 rings (SSSR count). The maximum absolute atomic E-state index is 13.5. The van der Waals surface area contributed by atoms with Gasteiger partial charge in [-0.05, 0) is 65.3 Å². The summed E-state index contributed by atoms with van der Waals surface area (Å²) >= 11 is 9.48. The first-order valence-electron chi connectivity index (χ1n) is 11.6. The normalized spacial score (nSPS) is 23.5. The molecule has 1 fully saturated rings. The van der Waals surface area contributed by atoms with Gasteiger partial charge in [0.25, 0.3) is 0 Å². The molecule has 0 radical (unpaired) electrons. The van der Waals surface area contributed by atoms with Crippen LogP contribution >= 0.6 is 34.7 Å². The molecule has 1 aliphatic heterocycles. The molecular formula is C24H25ClN4O5S3. The van der Waals surface area contributed by atoms with E-state index in [-0.39, 0.29) is 29.9 Å². The Morgan fingerprint density at radius 2 is 2.11 bits per heavy atom. The average molecular weight is 581 g/mol. The lowest BCUT2D eigenvalue weighted by molar-refractivity contribution is 0.0636. The maximum atomic E-state index is 13.5. The van der Waals surface area contributed by atoms with Gasteiger partial charge in [0.2, 0.25) is 5.78 Å². The lowest BCUT2D eigenvalue weighted by atomic mass is 9.98. The van der Waals surface area contributed by atoms with E-state index in [0.29, 0.717) is 21.3 Å². The fraction of sp³-hybridized carbons (Fsp3) is 0.375. The zero-order valence-electron chi connectivity index (χ0n) is 19.8. The molecule has 0 bridgehead atoms. The highest BCUT2D eigenvalue weighted by Gasteiger charge is 2.37. The van der Waals surface area contributed by atoms with Gasteiger partial charge in [-0.1, -0.05) is 17.7 Å². The Kier molecular flexibility index (Phi) is 7.87. The predicted molar refractivity (Wildman–Crippen MR) is 145 cm³/mol. The van der Waals surface area contributed by atoms with Crippen LogP contribution in [0.4, 0.5) is 5.82 Å². The zero-order valence-corrected chi connectivity index (χ0v) is 23.0. The average Bonchev–Trinajstić information content (AvgIpc) is 3.50. The van der Waals surface area contributed by atoms with Gasteiger partial charge in [-0.2, -0.15) is 13.1 Å². The third kappa shape index (κ3) is 5.85. The lowest BCUT2D eigenvalue weighted by Gasteiger charge is -2.24. The number of carbonyl (C=O) groups excluding carboxylic acids is 1. The van der Waals surface area contributed by atoms with Gasteiger partial charge in [0, 0.05) is 24.3 Å². The molecule has 0 amide bonds. The Morgan fingerprint density at radius 3 is 2.92 bits per heavy atom. The molecule has 13 heteroatoms. The number of carbonyl (C=O) groups is 1. The molecule has 3 aromatic rings. The number of fused-ring (bicyclic) bond motifs is 1. The number of benzene rings is 1. The standard InChI is InChI=1S/C24H25ClN4O5S3/c1-26-37(32,33)34-20-9-16(8-19(20)30)29-24-18(10-27-12-28-24)22(31)21-6-14(11-36-21)23-17-7-15(25)3-2-13(17)4-5-35-23/h2-3,6-7,10-12,16,19-20,23,26,30H,4-5,8-9H2,1H3,(H,27,28,29)/t16-,19+,20-,23+/m1/s1. The lowest BCUT2D eigenvalue weighted by Crippen LogP contribution is -2.31. The summed E-state index contributed by atoms with van der Waals surface area (Å²) in [5.41, 5.74) is 3.82. The highest BCUT2D eigenvalue weighted by Crippen LogP contribution is 2.44. The van der Waals surface area contributed by atoms with Crippen molar-refractivity contribution in [3.8, 4) is 0 Å². The van der Waals surface area contributed by atoms with Gasteiger partial charge in [0.15, 0.2) is 0 Å². The van der Waals surface area contributed by atoms with Crippen LogP contribution in [0.2, 0.25) is 5.02 Å². The van der Waals surface area contributed by atoms with Crippen molar-refractivity contribution in [1.29, 1.82) is 0 Å². The van der Waals surface area contributed by atoms with Crippen LogP contribution in [0.3, 0.4) is 0 Å². The molecule has 37 heavy (non-hydrogen) atoms. The van der Waals surface area contributed by atoms with Crippen LogP contribution in [-0.2, 0) is 20.9 Å². The second-order valence-electron chi connectivity index (χ2n) is 8.88. The van der Waals surface area contributed by atoms with Crippen LogP contribution in [0.15, 0.2) is 42.2 Å². The SMILES string of the molecule is CNS(=O)(=O)O[C@@H]1C[C@H](Nc2ncncc2C(=O)c2cc([C@@H]3SCCc4ccc(Cl)cc43)cs2)C[C@@H]1O. The quantitative estimate of drug-likeness (QED) is 0.342. The topological polar surface area (TPSA) is 131 Å². The smallest absolute Gasteiger partial charge is 0.335 e.